The number of thiophene rings is 1. The molecule has 1 aliphatic rings. The molecule has 0 fully saturated rings. The van der Waals surface area contributed by atoms with Gasteiger partial charge in [-0.1, -0.05) is 0 Å². The third-order valence-electron chi connectivity index (χ3n) is 4.40. The molecule has 3 aromatic heterocycles. The maximum Gasteiger partial charge on any atom is 0.262 e. The fraction of sp³-hybridized carbons (Fsp3) is 0.438. The standard InChI is InChI=1S/C16H19N5OS/c1-9-5-11(20-19-9)6-10(2)21-8-18-15-14(16(21)22)12-3-4-17-7-13(12)23-15/h5,8,10,17H,3-4,6-7H2,1-2H3,(H,19,20)/t10-/m0/s1. The van der Waals surface area contributed by atoms with E-state index in [1.165, 1.54) is 10.4 Å². The zero-order valence-electron chi connectivity index (χ0n) is 13.2. The average Bonchev–Trinajstić information content (AvgIpc) is 3.11. The Bertz CT molecular complexity index is 922. The molecule has 0 saturated carbocycles. The zero-order valence-corrected chi connectivity index (χ0v) is 14.0. The smallest absolute Gasteiger partial charge is 0.262 e. The highest BCUT2D eigenvalue weighted by molar-refractivity contribution is 7.18. The number of H-pyrrole nitrogens is 1. The lowest BCUT2D eigenvalue weighted by atomic mass is 10.1. The van der Waals surface area contributed by atoms with E-state index in [9.17, 15) is 4.79 Å². The van der Waals surface area contributed by atoms with E-state index < -0.39 is 0 Å². The van der Waals surface area contributed by atoms with Crippen LogP contribution in [0.1, 0.15) is 34.8 Å². The van der Waals surface area contributed by atoms with Gasteiger partial charge in [0.1, 0.15) is 4.83 Å². The molecule has 3 aromatic rings. The van der Waals surface area contributed by atoms with Gasteiger partial charge in [0.25, 0.3) is 5.56 Å². The predicted octanol–water partition coefficient (Wildman–Crippen LogP) is 1.94. The van der Waals surface area contributed by atoms with Gasteiger partial charge in [-0.3, -0.25) is 14.5 Å². The van der Waals surface area contributed by atoms with Crippen molar-refractivity contribution < 1.29 is 0 Å². The quantitative estimate of drug-likeness (QED) is 0.770. The molecule has 0 unspecified atom stereocenters. The van der Waals surface area contributed by atoms with E-state index >= 15 is 0 Å². The van der Waals surface area contributed by atoms with Crippen molar-refractivity contribution in [1.29, 1.82) is 0 Å². The van der Waals surface area contributed by atoms with Gasteiger partial charge in [-0.2, -0.15) is 5.10 Å². The molecule has 1 atom stereocenters. The number of fused-ring (bicyclic) bond motifs is 3. The third kappa shape index (κ3) is 2.49. The van der Waals surface area contributed by atoms with Crippen LogP contribution in [0.3, 0.4) is 0 Å². The second kappa shape index (κ2) is 5.58. The number of rotatable bonds is 3. The summed E-state index contributed by atoms with van der Waals surface area (Å²) in [6.07, 6.45) is 3.30. The first-order valence-corrected chi connectivity index (χ1v) is 8.68. The molecule has 4 heterocycles. The van der Waals surface area contributed by atoms with Gasteiger partial charge in [0.05, 0.1) is 17.4 Å². The largest absolute Gasteiger partial charge is 0.312 e. The number of nitrogens with zero attached hydrogens (tertiary/aromatic N) is 3. The number of aromatic amines is 1. The molecule has 0 radical (unpaired) electrons. The highest BCUT2D eigenvalue weighted by atomic mass is 32.1. The van der Waals surface area contributed by atoms with Crippen LogP contribution >= 0.6 is 11.3 Å². The van der Waals surface area contributed by atoms with E-state index in [4.69, 9.17) is 0 Å². The Labute approximate surface area is 137 Å². The number of hydrogen-bond donors (Lipinski definition) is 2. The molecule has 23 heavy (non-hydrogen) atoms. The van der Waals surface area contributed by atoms with E-state index in [2.05, 4.69) is 20.5 Å². The summed E-state index contributed by atoms with van der Waals surface area (Å²) in [5, 5.41) is 11.4. The lowest BCUT2D eigenvalue weighted by molar-refractivity contribution is 0.517. The maximum absolute atomic E-state index is 13.0. The maximum atomic E-state index is 13.0. The lowest BCUT2D eigenvalue weighted by Gasteiger charge is -2.15. The predicted molar refractivity (Wildman–Crippen MR) is 91.0 cm³/mol. The van der Waals surface area contributed by atoms with Crippen molar-refractivity contribution in [3.8, 4) is 0 Å². The Hall–Kier alpha value is -1.99. The van der Waals surface area contributed by atoms with Gasteiger partial charge in [0.2, 0.25) is 0 Å². The first kappa shape index (κ1) is 14.6. The fourth-order valence-electron chi connectivity index (χ4n) is 3.22. The minimum atomic E-state index is 0.0272. The molecule has 0 spiro atoms. The second-order valence-electron chi connectivity index (χ2n) is 6.16. The van der Waals surface area contributed by atoms with E-state index in [1.54, 1.807) is 22.2 Å². The molecule has 7 heteroatoms. The second-order valence-corrected chi connectivity index (χ2v) is 7.25. The molecule has 0 aliphatic carbocycles. The number of nitrogens with one attached hydrogen (secondary N) is 2. The normalized spacial score (nSPS) is 15.7. The van der Waals surface area contributed by atoms with Crippen molar-refractivity contribution in [1.82, 2.24) is 25.1 Å². The molecule has 0 bridgehead atoms. The van der Waals surface area contributed by atoms with Gasteiger partial charge in [-0.05, 0) is 38.4 Å². The van der Waals surface area contributed by atoms with Gasteiger partial charge in [0.15, 0.2) is 0 Å². The van der Waals surface area contributed by atoms with Crippen LogP contribution in [0.4, 0.5) is 0 Å². The van der Waals surface area contributed by atoms with Crippen molar-refractivity contribution in [3.63, 3.8) is 0 Å². The van der Waals surface area contributed by atoms with E-state index in [0.717, 1.165) is 41.1 Å². The van der Waals surface area contributed by atoms with Crippen molar-refractivity contribution >= 4 is 21.6 Å². The van der Waals surface area contributed by atoms with E-state index in [1.807, 2.05) is 19.9 Å². The Morgan fingerprint density at radius 3 is 3.13 bits per heavy atom. The van der Waals surface area contributed by atoms with Crippen molar-refractivity contribution in [3.05, 3.63) is 44.6 Å². The Balaban J connectivity index is 1.75. The van der Waals surface area contributed by atoms with Crippen LogP contribution in [0.25, 0.3) is 10.2 Å². The molecule has 2 N–H and O–H groups in total. The first-order valence-electron chi connectivity index (χ1n) is 7.86. The summed E-state index contributed by atoms with van der Waals surface area (Å²) in [6, 6.07) is 2.05. The van der Waals surface area contributed by atoms with Crippen molar-refractivity contribution in [2.24, 2.45) is 0 Å². The van der Waals surface area contributed by atoms with Crippen LogP contribution in [0.15, 0.2) is 17.2 Å². The average molecular weight is 329 g/mol. The molecule has 120 valence electrons. The summed E-state index contributed by atoms with van der Waals surface area (Å²) in [7, 11) is 0. The molecule has 6 nitrogen and oxygen atoms in total. The molecule has 0 aromatic carbocycles. The van der Waals surface area contributed by atoms with Crippen LogP contribution in [0.2, 0.25) is 0 Å². The highest BCUT2D eigenvalue weighted by Gasteiger charge is 2.21. The summed E-state index contributed by atoms with van der Waals surface area (Å²) in [5.74, 6) is 0. The lowest BCUT2D eigenvalue weighted by Crippen LogP contribution is -2.27. The summed E-state index contributed by atoms with van der Waals surface area (Å²) < 4.78 is 1.75. The fourth-order valence-corrected chi connectivity index (χ4v) is 4.37. The van der Waals surface area contributed by atoms with Gasteiger partial charge < -0.3 is 5.32 Å². The Morgan fingerprint density at radius 1 is 1.48 bits per heavy atom. The molecule has 0 saturated heterocycles. The van der Waals surface area contributed by atoms with Gasteiger partial charge in [-0.25, -0.2) is 4.98 Å². The molecular formula is C16H19N5OS. The third-order valence-corrected chi connectivity index (χ3v) is 5.54. The summed E-state index contributed by atoms with van der Waals surface area (Å²) >= 11 is 1.64. The zero-order chi connectivity index (χ0) is 16.0. The van der Waals surface area contributed by atoms with Crippen molar-refractivity contribution in [2.75, 3.05) is 6.54 Å². The van der Waals surface area contributed by atoms with Crippen LogP contribution in [-0.2, 0) is 19.4 Å². The number of aromatic nitrogens is 4. The van der Waals surface area contributed by atoms with Crippen LogP contribution in [0.5, 0.6) is 0 Å². The topological polar surface area (TPSA) is 75.6 Å². The Morgan fingerprint density at radius 2 is 2.35 bits per heavy atom. The molecule has 4 rings (SSSR count). The number of aryl methyl sites for hydroxylation is 1. The van der Waals surface area contributed by atoms with Crippen LogP contribution < -0.4 is 10.9 Å². The monoisotopic (exact) mass is 329 g/mol. The summed E-state index contributed by atoms with van der Waals surface area (Å²) in [5.41, 5.74) is 3.28. The van der Waals surface area contributed by atoms with E-state index in [-0.39, 0.29) is 11.6 Å². The van der Waals surface area contributed by atoms with Crippen molar-refractivity contribution in [2.45, 2.75) is 39.3 Å². The minimum Gasteiger partial charge on any atom is -0.312 e. The Kier molecular flexibility index (Phi) is 3.54. The van der Waals surface area contributed by atoms with Gasteiger partial charge in [0, 0.05) is 29.6 Å². The first-order chi connectivity index (χ1) is 11.1. The minimum absolute atomic E-state index is 0.0272. The molecule has 1 aliphatic heterocycles. The number of hydrogen-bond acceptors (Lipinski definition) is 5. The van der Waals surface area contributed by atoms with Gasteiger partial charge in [-0.15, -0.1) is 11.3 Å². The highest BCUT2D eigenvalue weighted by Crippen LogP contribution is 2.30. The van der Waals surface area contributed by atoms with Crippen LogP contribution in [0, 0.1) is 6.92 Å². The molecule has 0 amide bonds. The molecular weight excluding hydrogens is 310 g/mol. The van der Waals surface area contributed by atoms with Crippen LogP contribution in [-0.4, -0.2) is 26.3 Å². The SMILES string of the molecule is Cc1cc(C[C@H](C)n2cnc3sc4c(c3c2=O)CCNC4)n[nH]1. The summed E-state index contributed by atoms with van der Waals surface area (Å²) in [6.45, 7) is 5.79. The van der Waals surface area contributed by atoms with Gasteiger partial charge >= 0.3 is 0 Å². The van der Waals surface area contributed by atoms with E-state index in [0.29, 0.717) is 6.42 Å². The summed E-state index contributed by atoms with van der Waals surface area (Å²) in [4.78, 5) is 19.6.